The van der Waals surface area contributed by atoms with E-state index in [1.807, 2.05) is 6.92 Å². The fourth-order valence-corrected chi connectivity index (χ4v) is 3.36. The van der Waals surface area contributed by atoms with Gasteiger partial charge < -0.3 is 15.0 Å². The van der Waals surface area contributed by atoms with E-state index in [-0.39, 0.29) is 17.4 Å². The molecular formula is C16H16ClF2N5O2S. The zero-order valence-electron chi connectivity index (χ0n) is 14.2. The molecule has 3 N–H and O–H groups in total. The van der Waals surface area contributed by atoms with E-state index in [9.17, 15) is 13.6 Å². The molecule has 1 aromatic carbocycles. The van der Waals surface area contributed by atoms with Crippen LogP contribution in [0.2, 0.25) is 0 Å². The Morgan fingerprint density at radius 2 is 2.26 bits per heavy atom. The number of benzene rings is 1. The SMILES string of the molecule is Cc1[nH]c2ccc(OC(F)(F)Cl)cc2c1CCNC(=O)CSc1cn[nH]n1. The van der Waals surface area contributed by atoms with Crippen LogP contribution >= 0.6 is 23.4 Å². The van der Waals surface area contributed by atoms with Gasteiger partial charge in [0.05, 0.1) is 11.9 Å². The number of hydrogen-bond donors (Lipinski definition) is 3. The third kappa shape index (κ3) is 5.33. The van der Waals surface area contributed by atoms with Crippen LogP contribution in [0.4, 0.5) is 8.78 Å². The first-order chi connectivity index (χ1) is 12.8. The summed E-state index contributed by atoms with van der Waals surface area (Å²) < 4.78 is 30.1. The first kappa shape index (κ1) is 19.4. The van der Waals surface area contributed by atoms with Crippen LogP contribution < -0.4 is 10.1 Å². The standard InChI is InChI=1S/C16H16ClF2N5O2S/c1-9-11(4-5-20-14(25)8-27-15-7-21-24-23-15)12-6-10(26-16(17,18)19)2-3-13(12)22-9/h2-3,6-7,22H,4-5,8H2,1H3,(H,20,25)(H,21,23,24). The first-order valence-corrected chi connectivity index (χ1v) is 9.30. The number of alkyl halides is 3. The van der Waals surface area contributed by atoms with Crippen molar-refractivity contribution in [3.8, 4) is 5.75 Å². The van der Waals surface area contributed by atoms with E-state index in [2.05, 4.69) is 30.4 Å². The number of thioether (sulfide) groups is 1. The molecule has 0 aliphatic rings. The van der Waals surface area contributed by atoms with E-state index in [4.69, 9.17) is 11.6 Å². The number of amides is 1. The number of aryl methyl sites for hydroxylation is 1. The van der Waals surface area contributed by atoms with Crippen LogP contribution in [0.3, 0.4) is 0 Å². The molecule has 0 saturated heterocycles. The Balaban J connectivity index is 1.61. The van der Waals surface area contributed by atoms with Crippen LogP contribution in [-0.2, 0) is 11.2 Å². The molecule has 0 bridgehead atoms. The summed E-state index contributed by atoms with van der Waals surface area (Å²) in [6.45, 7) is 2.29. The van der Waals surface area contributed by atoms with Crippen molar-refractivity contribution >= 4 is 40.2 Å². The van der Waals surface area contributed by atoms with Crippen molar-refractivity contribution in [3.05, 3.63) is 35.7 Å². The Morgan fingerprint density at radius 3 is 2.96 bits per heavy atom. The molecule has 2 heterocycles. The van der Waals surface area contributed by atoms with Gasteiger partial charge >= 0.3 is 5.57 Å². The summed E-state index contributed by atoms with van der Waals surface area (Å²) in [6, 6.07) is 4.57. The van der Waals surface area contributed by atoms with E-state index in [1.54, 1.807) is 6.07 Å². The minimum absolute atomic E-state index is 0.0317. The topological polar surface area (TPSA) is 95.7 Å². The van der Waals surface area contributed by atoms with Crippen LogP contribution in [0.15, 0.2) is 29.4 Å². The molecule has 0 fully saturated rings. The number of halogens is 3. The monoisotopic (exact) mass is 415 g/mol. The molecule has 0 atom stereocenters. The fourth-order valence-electron chi connectivity index (χ4n) is 2.66. The number of rotatable bonds is 8. The largest absolute Gasteiger partial charge is 0.487 e. The van der Waals surface area contributed by atoms with Gasteiger partial charge in [-0.1, -0.05) is 11.8 Å². The predicted octanol–water partition coefficient (Wildman–Crippen LogP) is 3.21. The van der Waals surface area contributed by atoms with Crippen LogP contribution in [0.1, 0.15) is 11.3 Å². The van der Waals surface area contributed by atoms with Gasteiger partial charge in [-0.05, 0) is 37.1 Å². The molecule has 0 saturated carbocycles. The van der Waals surface area contributed by atoms with Gasteiger partial charge in [-0.3, -0.25) is 4.79 Å². The van der Waals surface area contributed by atoms with Gasteiger partial charge in [-0.25, -0.2) is 0 Å². The number of ether oxygens (including phenoxy) is 1. The lowest BCUT2D eigenvalue weighted by Crippen LogP contribution is -2.27. The second-order valence-electron chi connectivity index (χ2n) is 5.68. The summed E-state index contributed by atoms with van der Waals surface area (Å²) >= 11 is 6.10. The average molecular weight is 416 g/mol. The van der Waals surface area contributed by atoms with Gasteiger partial charge in [-0.2, -0.15) is 10.3 Å². The number of carbonyl (C=O) groups excluding carboxylic acids is 1. The molecular weight excluding hydrogens is 400 g/mol. The molecule has 0 aliphatic heterocycles. The average Bonchev–Trinajstić information content (AvgIpc) is 3.20. The normalized spacial score (nSPS) is 11.7. The maximum absolute atomic E-state index is 12.9. The zero-order valence-corrected chi connectivity index (χ0v) is 15.8. The zero-order chi connectivity index (χ0) is 19.4. The summed E-state index contributed by atoms with van der Waals surface area (Å²) in [7, 11) is 0. The number of nitrogens with zero attached hydrogens (tertiary/aromatic N) is 2. The van der Waals surface area contributed by atoms with Crippen molar-refractivity contribution in [3.63, 3.8) is 0 Å². The van der Waals surface area contributed by atoms with Gasteiger partial charge in [0, 0.05) is 34.7 Å². The van der Waals surface area contributed by atoms with E-state index in [0.29, 0.717) is 18.0 Å². The number of hydrogen-bond acceptors (Lipinski definition) is 5. The van der Waals surface area contributed by atoms with Crippen LogP contribution in [-0.4, -0.2) is 44.2 Å². The second kappa shape index (κ2) is 8.13. The molecule has 0 spiro atoms. The van der Waals surface area contributed by atoms with Crippen molar-refractivity contribution < 1.29 is 18.3 Å². The third-order valence-electron chi connectivity index (χ3n) is 3.77. The van der Waals surface area contributed by atoms with Crippen molar-refractivity contribution in [2.24, 2.45) is 0 Å². The number of H-pyrrole nitrogens is 2. The molecule has 3 rings (SSSR count). The highest BCUT2D eigenvalue weighted by atomic mass is 35.5. The Morgan fingerprint density at radius 1 is 1.44 bits per heavy atom. The van der Waals surface area contributed by atoms with Crippen LogP contribution in [0.5, 0.6) is 5.75 Å². The van der Waals surface area contributed by atoms with Crippen LogP contribution in [0, 0.1) is 6.92 Å². The number of nitrogens with one attached hydrogen (secondary N) is 3. The quantitative estimate of drug-likeness (QED) is 0.388. The van der Waals surface area contributed by atoms with Gasteiger partial charge in [0.2, 0.25) is 5.91 Å². The summed E-state index contributed by atoms with van der Waals surface area (Å²) in [5.74, 6) is 0.0597. The summed E-state index contributed by atoms with van der Waals surface area (Å²) in [5, 5.41) is 14.2. The minimum atomic E-state index is -3.77. The molecule has 2 aromatic heterocycles. The van der Waals surface area contributed by atoms with Crippen molar-refractivity contribution in [2.45, 2.75) is 23.9 Å². The summed E-state index contributed by atoms with van der Waals surface area (Å²) in [6.07, 6.45) is 2.07. The van der Waals surface area contributed by atoms with Gasteiger partial charge in [0.15, 0.2) is 0 Å². The minimum Gasteiger partial charge on any atom is -0.420 e. The Bertz CT molecular complexity index is 927. The first-order valence-electron chi connectivity index (χ1n) is 7.94. The molecule has 144 valence electrons. The molecule has 0 radical (unpaired) electrons. The summed E-state index contributed by atoms with van der Waals surface area (Å²) in [5.41, 5.74) is -1.17. The van der Waals surface area contributed by atoms with E-state index < -0.39 is 5.57 Å². The number of aromatic amines is 2. The molecule has 7 nitrogen and oxygen atoms in total. The number of fused-ring (bicyclic) bond motifs is 1. The number of aromatic nitrogens is 4. The second-order valence-corrected chi connectivity index (χ2v) is 7.12. The highest BCUT2D eigenvalue weighted by Crippen LogP contribution is 2.30. The lowest BCUT2D eigenvalue weighted by atomic mass is 10.1. The smallest absolute Gasteiger partial charge is 0.420 e. The predicted molar refractivity (Wildman–Crippen MR) is 98.3 cm³/mol. The fraction of sp³-hybridized carbons (Fsp3) is 0.312. The highest BCUT2D eigenvalue weighted by molar-refractivity contribution is 7.99. The molecule has 3 aromatic rings. The highest BCUT2D eigenvalue weighted by Gasteiger charge is 2.27. The van der Waals surface area contributed by atoms with E-state index >= 15 is 0 Å². The lowest BCUT2D eigenvalue weighted by molar-refractivity contribution is -0.118. The Kier molecular flexibility index (Phi) is 5.85. The Hall–Kier alpha value is -2.33. The number of carbonyl (C=O) groups is 1. The van der Waals surface area contributed by atoms with Crippen molar-refractivity contribution in [2.75, 3.05) is 12.3 Å². The van der Waals surface area contributed by atoms with Crippen molar-refractivity contribution in [1.29, 1.82) is 0 Å². The Labute approximate surface area is 162 Å². The van der Waals surface area contributed by atoms with Gasteiger partial charge in [-0.15, -0.1) is 13.9 Å². The summed E-state index contributed by atoms with van der Waals surface area (Å²) in [4.78, 5) is 15.1. The third-order valence-corrected chi connectivity index (χ3v) is 4.74. The molecule has 27 heavy (non-hydrogen) atoms. The van der Waals surface area contributed by atoms with Crippen molar-refractivity contribution in [1.82, 2.24) is 25.7 Å². The lowest BCUT2D eigenvalue weighted by Gasteiger charge is -2.10. The van der Waals surface area contributed by atoms with Crippen LogP contribution in [0.25, 0.3) is 10.9 Å². The maximum atomic E-state index is 12.9. The molecule has 1 amide bonds. The van der Waals surface area contributed by atoms with E-state index in [0.717, 1.165) is 22.2 Å². The maximum Gasteiger partial charge on any atom is 0.487 e. The van der Waals surface area contributed by atoms with Gasteiger partial charge in [0.1, 0.15) is 10.8 Å². The van der Waals surface area contributed by atoms with Gasteiger partial charge in [0.25, 0.3) is 0 Å². The molecule has 0 unspecified atom stereocenters. The molecule has 0 aliphatic carbocycles. The van der Waals surface area contributed by atoms with E-state index in [1.165, 1.54) is 30.1 Å². The molecule has 11 heteroatoms.